The van der Waals surface area contributed by atoms with Crippen LogP contribution in [0.4, 0.5) is 17.1 Å². The molecule has 1 atom stereocenters. The topological polar surface area (TPSA) is 8.17 Å². The van der Waals surface area contributed by atoms with Gasteiger partial charge in [0.1, 0.15) is 0 Å². The van der Waals surface area contributed by atoms with Gasteiger partial charge in [0, 0.05) is 38.7 Å². The highest BCUT2D eigenvalue weighted by Gasteiger charge is 2.42. The molecule has 0 radical (unpaired) electrons. The third-order valence-electron chi connectivity index (χ3n) is 11.8. The van der Waals surface area contributed by atoms with Gasteiger partial charge in [-0.15, -0.1) is 0 Å². The Morgan fingerprint density at radius 3 is 2.32 bits per heavy atom. The highest BCUT2D eigenvalue weighted by molar-refractivity contribution is 6.13. The number of benzene rings is 6. The molecule has 0 amide bonds. The Bertz CT molecular complexity index is 2930. The molecule has 1 aromatic heterocycles. The van der Waals surface area contributed by atoms with E-state index >= 15 is 0 Å². The highest BCUT2D eigenvalue weighted by atomic mass is 15.1. The fourth-order valence-corrected chi connectivity index (χ4v) is 9.58. The summed E-state index contributed by atoms with van der Waals surface area (Å²) in [6.07, 6.45) is 17.4. The van der Waals surface area contributed by atoms with Gasteiger partial charge in [-0.05, 0) is 106 Å². The number of para-hydroxylation sites is 3. The van der Waals surface area contributed by atoms with Gasteiger partial charge < -0.3 is 9.47 Å². The molecule has 7 aromatic rings. The number of hydrogen-bond donors (Lipinski definition) is 0. The molecule has 4 aliphatic rings. The third-order valence-corrected chi connectivity index (χ3v) is 11.8. The summed E-state index contributed by atoms with van der Waals surface area (Å²) >= 11 is 0. The minimum Gasteiger partial charge on any atom is -0.310 e. The van der Waals surface area contributed by atoms with E-state index in [1.807, 2.05) is 0 Å². The third kappa shape index (κ3) is 4.45. The molecule has 4 aliphatic carbocycles. The first-order valence-corrected chi connectivity index (χ1v) is 18.9. The molecule has 0 aliphatic heterocycles. The van der Waals surface area contributed by atoms with E-state index in [2.05, 4.69) is 192 Å². The number of hydrogen-bond acceptors (Lipinski definition) is 1. The lowest BCUT2D eigenvalue weighted by Crippen LogP contribution is -2.37. The molecule has 53 heavy (non-hydrogen) atoms. The minimum absolute atomic E-state index is 0.0534. The van der Waals surface area contributed by atoms with Crippen LogP contribution >= 0.6 is 0 Å². The van der Waals surface area contributed by atoms with Crippen molar-refractivity contribution in [3.8, 4) is 5.69 Å². The zero-order valence-corrected chi connectivity index (χ0v) is 29.8. The molecule has 0 N–H and O–H groups in total. The van der Waals surface area contributed by atoms with Gasteiger partial charge in [0.15, 0.2) is 0 Å². The fourth-order valence-electron chi connectivity index (χ4n) is 9.58. The van der Waals surface area contributed by atoms with E-state index in [4.69, 9.17) is 0 Å². The Labute approximate surface area is 310 Å². The normalized spacial score (nSPS) is 18.1. The van der Waals surface area contributed by atoms with Gasteiger partial charge in [-0.1, -0.05) is 134 Å². The monoisotopic (exact) mass is 678 g/mol. The van der Waals surface area contributed by atoms with E-state index in [1.165, 1.54) is 82.6 Å². The number of aromatic nitrogens is 1. The average Bonchev–Trinajstić information content (AvgIpc) is 3.73. The van der Waals surface area contributed by atoms with Crippen LogP contribution in [0.25, 0.3) is 50.3 Å². The first kappa shape index (κ1) is 30.3. The minimum atomic E-state index is -0.0534. The molecule has 2 heteroatoms. The maximum Gasteiger partial charge on any atom is 0.0546 e. The Hall–Kier alpha value is -6.38. The summed E-state index contributed by atoms with van der Waals surface area (Å²) in [5.41, 5.74) is 16.5. The molecule has 0 spiro atoms. The van der Waals surface area contributed by atoms with Crippen LogP contribution in [0, 0.1) is 5.41 Å². The predicted octanol–water partition coefficient (Wildman–Crippen LogP) is 11.7. The van der Waals surface area contributed by atoms with Crippen molar-refractivity contribution in [2.24, 2.45) is 5.41 Å². The number of rotatable bonds is 5. The van der Waals surface area contributed by atoms with E-state index in [1.54, 1.807) is 0 Å². The van der Waals surface area contributed by atoms with Gasteiger partial charge in [0.05, 0.1) is 22.4 Å². The van der Waals surface area contributed by atoms with Crippen LogP contribution in [0.15, 0.2) is 175 Å². The summed E-state index contributed by atoms with van der Waals surface area (Å²) in [6, 6.07) is 51.7. The van der Waals surface area contributed by atoms with Gasteiger partial charge in [-0.2, -0.15) is 0 Å². The van der Waals surface area contributed by atoms with E-state index in [0.717, 1.165) is 30.6 Å². The van der Waals surface area contributed by atoms with Gasteiger partial charge in [0.25, 0.3) is 0 Å². The molecule has 0 bridgehead atoms. The first-order chi connectivity index (χ1) is 26.2. The van der Waals surface area contributed by atoms with Gasteiger partial charge in [0.2, 0.25) is 0 Å². The fraction of sp³-hybridized carbons (Fsp3) is 0.0980. The zero-order valence-electron chi connectivity index (χ0n) is 29.8. The average molecular weight is 679 g/mol. The van der Waals surface area contributed by atoms with Gasteiger partial charge in [-0.3, -0.25) is 0 Å². The first-order valence-electron chi connectivity index (χ1n) is 18.9. The molecule has 252 valence electrons. The lowest BCUT2D eigenvalue weighted by atomic mass is 9.69. The van der Waals surface area contributed by atoms with E-state index < -0.39 is 0 Å². The predicted molar refractivity (Wildman–Crippen MR) is 223 cm³/mol. The van der Waals surface area contributed by atoms with Crippen LogP contribution in [0.2, 0.25) is 0 Å². The summed E-state index contributed by atoms with van der Waals surface area (Å²) in [5.74, 6) is 0. The Morgan fingerprint density at radius 1 is 0.623 bits per heavy atom. The second-order valence-electron chi connectivity index (χ2n) is 15.0. The van der Waals surface area contributed by atoms with Crippen LogP contribution in [-0.4, -0.2) is 4.57 Å². The van der Waals surface area contributed by atoms with Crippen molar-refractivity contribution in [1.29, 1.82) is 0 Å². The molecular weight excluding hydrogens is 641 g/mol. The maximum atomic E-state index is 2.51. The molecule has 1 heterocycles. The quantitative estimate of drug-likeness (QED) is 0.176. The van der Waals surface area contributed by atoms with Crippen molar-refractivity contribution in [2.75, 3.05) is 4.90 Å². The second-order valence-corrected chi connectivity index (χ2v) is 15.0. The summed E-state index contributed by atoms with van der Waals surface area (Å²) in [7, 11) is 0. The van der Waals surface area contributed by atoms with Crippen LogP contribution < -0.4 is 15.3 Å². The van der Waals surface area contributed by atoms with E-state index in [0.29, 0.717) is 0 Å². The van der Waals surface area contributed by atoms with Crippen molar-refractivity contribution in [1.82, 2.24) is 4.57 Å². The SMILES string of the molecule is C[C@]12C=c3ccccc3=C3C1=C(C=CC2)c1cccc(N(c2ccccc2)c2ccc4c(c2)c2ccccc2n4-c2ccccc2C2=CCCC=C2)c13. The molecule has 11 rings (SSSR count). The Balaban J connectivity index is 1.17. The van der Waals surface area contributed by atoms with Crippen molar-refractivity contribution in [3.63, 3.8) is 0 Å². The van der Waals surface area contributed by atoms with Gasteiger partial charge >= 0.3 is 0 Å². The molecule has 0 saturated carbocycles. The van der Waals surface area contributed by atoms with Crippen LogP contribution in [0.1, 0.15) is 42.9 Å². The summed E-state index contributed by atoms with van der Waals surface area (Å²) < 4.78 is 2.47. The second kappa shape index (κ2) is 11.6. The molecule has 0 fully saturated rings. The number of allylic oxidation sites excluding steroid dienone is 8. The Kier molecular flexibility index (Phi) is 6.60. The Morgan fingerprint density at radius 2 is 1.42 bits per heavy atom. The maximum absolute atomic E-state index is 2.51. The highest BCUT2D eigenvalue weighted by Crippen LogP contribution is 2.57. The van der Waals surface area contributed by atoms with E-state index in [-0.39, 0.29) is 5.41 Å². The van der Waals surface area contributed by atoms with Crippen molar-refractivity contribution in [2.45, 2.75) is 26.2 Å². The molecule has 0 unspecified atom stereocenters. The molecule has 0 saturated heterocycles. The van der Waals surface area contributed by atoms with E-state index in [9.17, 15) is 0 Å². The smallest absolute Gasteiger partial charge is 0.0546 e. The lowest BCUT2D eigenvalue weighted by Gasteiger charge is -2.34. The largest absolute Gasteiger partial charge is 0.310 e. The molecule has 6 aromatic carbocycles. The van der Waals surface area contributed by atoms with Crippen LogP contribution in [0.5, 0.6) is 0 Å². The summed E-state index contributed by atoms with van der Waals surface area (Å²) in [5, 5.41) is 5.15. The molecular formula is C51H38N2. The molecule has 2 nitrogen and oxygen atoms in total. The number of fused-ring (bicyclic) bond motifs is 7. The number of anilines is 3. The number of nitrogens with zero attached hydrogens (tertiary/aromatic N) is 2. The lowest BCUT2D eigenvalue weighted by molar-refractivity contribution is 0.571. The summed E-state index contributed by atoms with van der Waals surface area (Å²) in [6.45, 7) is 2.42. The van der Waals surface area contributed by atoms with Crippen LogP contribution in [-0.2, 0) is 0 Å². The standard InChI is InChI=1S/C51H38N2/c1-51-31-15-25-42-41-24-14-28-47(48(41)49(50(42)51)39-22-9-8-18-35(39)33-51)52(36-19-6-3-7-20-36)37-29-30-46-43(32-37)40-23-11-13-27-45(40)53(46)44-26-12-10-21-38(44)34-16-4-2-5-17-34/h3-4,6-30,32-33H,2,5,31H2,1H3/t51-/m0/s1. The summed E-state index contributed by atoms with van der Waals surface area (Å²) in [4.78, 5) is 2.49. The van der Waals surface area contributed by atoms with Crippen LogP contribution in [0.3, 0.4) is 0 Å². The van der Waals surface area contributed by atoms with Crippen molar-refractivity contribution >= 4 is 61.7 Å². The van der Waals surface area contributed by atoms with Crippen molar-refractivity contribution in [3.05, 3.63) is 203 Å². The zero-order chi connectivity index (χ0) is 35.1. The van der Waals surface area contributed by atoms with Crippen molar-refractivity contribution < 1.29 is 0 Å². The van der Waals surface area contributed by atoms with Gasteiger partial charge in [-0.25, -0.2) is 0 Å².